The van der Waals surface area contributed by atoms with Crippen LogP contribution in [0.5, 0.6) is 0 Å². The third kappa shape index (κ3) is 2.79. The van der Waals surface area contributed by atoms with E-state index < -0.39 is 0 Å². The van der Waals surface area contributed by atoms with Crippen molar-refractivity contribution in [3.05, 3.63) is 31.2 Å². The van der Waals surface area contributed by atoms with E-state index in [1.807, 2.05) is 0 Å². The minimum Gasteiger partial charge on any atom is -0.338 e. The Kier molecular flexibility index (Phi) is 4.79. The predicted octanol–water partition coefficient (Wildman–Crippen LogP) is -2.34. The number of nitrogens with zero attached hydrogens (tertiary/aromatic N) is 2. The molecule has 0 amide bonds. The van der Waals surface area contributed by atoms with Crippen LogP contribution in [-0.4, -0.2) is 9.97 Å². The second kappa shape index (κ2) is 4.46. The van der Waals surface area contributed by atoms with Gasteiger partial charge in [-0.25, -0.2) is 0 Å². The number of hydrogen-bond donors (Lipinski definition) is 0. The molecule has 0 aliphatic rings. The maximum Gasteiger partial charge on any atom is 1.00 e. The minimum absolute atomic E-state index is 0. The predicted molar refractivity (Wildman–Crippen MR) is 26.5 cm³/mol. The maximum absolute atomic E-state index is 3.76. The van der Waals surface area contributed by atoms with Crippen LogP contribution < -0.4 is 51.4 Å². The molecule has 0 N–H and O–H groups in total. The van der Waals surface area contributed by atoms with Crippen LogP contribution in [0.2, 0.25) is 0 Å². The van der Waals surface area contributed by atoms with E-state index in [0.717, 1.165) is 0 Å². The zero-order valence-corrected chi connectivity index (χ0v) is 7.96. The van der Waals surface area contributed by atoms with Gasteiger partial charge in [-0.05, 0) is 11.9 Å². The van der Waals surface area contributed by atoms with Crippen LogP contribution in [0.4, 0.5) is 0 Å². The van der Waals surface area contributed by atoms with Gasteiger partial charge in [-0.15, -0.1) is 0 Å². The van der Waals surface area contributed by atoms with E-state index in [9.17, 15) is 0 Å². The van der Waals surface area contributed by atoms with Crippen LogP contribution in [-0.2, 0) is 0 Å². The molecule has 0 atom stereocenters. The van der Waals surface area contributed by atoms with Gasteiger partial charge in [-0.2, -0.15) is 0 Å². The summed E-state index contributed by atoms with van der Waals surface area (Å²) in [6.07, 6.45) is 3.32. The van der Waals surface area contributed by atoms with Crippen LogP contribution >= 0.6 is 0 Å². The fourth-order valence-corrected chi connectivity index (χ4v) is 0.330. The summed E-state index contributed by atoms with van der Waals surface area (Å²) in [5.41, 5.74) is 0. The van der Waals surface area contributed by atoms with Crippen molar-refractivity contribution < 1.29 is 51.4 Å². The molecule has 1 heterocycles. The second-order valence-electron chi connectivity index (χ2n) is 1.17. The number of hydrogen-bond acceptors (Lipinski definition) is 2. The largest absolute Gasteiger partial charge is 1.00 e. The molecule has 2 nitrogen and oxygen atoms in total. The molecule has 0 unspecified atom stereocenters. The first kappa shape index (κ1) is 8.59. The number of aromatic nitrogens is 2. The van der Waals surface area contributed by atoms with E-state index in [2.05, 4.69) is 16.9 Å². The van der Waals surface area contributed by atoms with Crippen LogP contribution in [0.1, 0.15) is 5.82 Å². The first-order valence-electron chi connectivity index (χ1n) is 1.98. The molecule has 3 heteroatoms. The SMILES string of the molecule is [CH2-]c1ncccn1.[K+]. The van der Waals surface area contributed by atoms with Crippen molar-refractivity contribution >= 4 is 0 Å². The van der Waals surface area contributed by atoms with Crippen molar-refractivity contribution in [1.29, 1.82) is 0 Å². The molecular weight excluding hydrogens is 127 g/mol. The topological polar surface area (TPSA) is 25.8 Å². The van der Waals surface area contributed by atoms with Crippen molar-refractivity contribution in [1.82, 2.24) is 9.97 Å². The first-order valence-corrected chi connectivity index (χ1v) is 1.98. The van der Waals surface area contributed by atoms with Gasteiger partial charge in [0.05, 0.1) is 0 Å². The molecule has 0 radical (unpaired) electrons. The van der Waals surface area contributed by atoms with E-state index >= 15 is 0 Å². The van der Waals surface area contributed by atoms with E-state index in [1.54, 1.807) is 18.5 Å². The summed E-state index contributed by atoms with van der Waals surface area (Å²) < 4.78 is 0. The molecular formula is C5H5KN2. The van der Waals surface area contributed by atoms with Crippen LogP contribution in [0.3, 0.4) is 0 Å². The van der Waals surface area contributed by atoms with E-state index in [0.29, 0.717) is 5.82 Å². The molecule has 0 fully saturated rings. The van der Waals surface area contributed by atoms with Gasteiger partial charge in [-0.3, -0.25) is 9.97 Å². The second-order valence-corrected chi connectivity index (χ2v) is 1.17. The summed E-state index contributed by atoms with van der Waals surface area (Å²) in [7, 11) is 0. The van der Waals surface area contributed by atoms with E-state index in [4.69, 9.17) is 0 Å². The molecule has 0 aliphatic carbocycles. The van der Waals surface area contributed by atoms with Gasteiger partial charge in [0.15, 0.2) is 0 Å². The molecule has 1 aromatic heterocycles. The minimum atomic E-state index is 0. The van der Waals surface area contributed by atoms with Crippen molar-refractivity contribution in [3.8, 4) is 0 Å². The molecule has 0 spiro atoms. The van der Waals surface area contributed by atoms with Crippen LogP contribution in [0.25, 0.3) is 0 Å². The van der Waals surface area contributed by atoms with Crippen molar-refractivity contribution in [2.45, 2.75) is 0 Å². The Labute approximate surface area is 91.2 Å². The first-order chi connectivity index (χ1) is 3.39. The molecule has 0 bridgehead atoms. The Morgan fingerprint density at radius 3 is 2.00 bits per heavy atom. The summed E-state index contributed by atoms with van der Waals surface area (Å²) in [5.74, 6) is 0.572. The van der Waals surface area contributed by atoms with Gasteiger partial charge in [-0.1, -0.05) is 0 Å². The summed E-state index contributed by atoms with van der Waals surface area (Å²) in [4.78, 5) is 7.51. The summed E-state index contributed by atoms with van der Waals surface area (Å²) >= 11 is 0. The Morgan fingerprint density at radius 1 is 1.25 bits per heavy atom. The molecule has 0 aromatic carbocycles. The molecule has 0 saturated heterocycles. The molecule has 1 aromatic rings. The van der Waals surface area contributed by atoms with Crippen molar-refractivity contribution in [2.75, 3.05) is 0 Å². The van der Waals surface area contributed by atoms with Gasteiger partial charge < -0.3 is 6.92 Å². The van der Waals surface area contributed by atoms with Gasteiger partial charge in [0.25, 0.3) is 0 Å². The molecule has 36 valence electrons. The van der Waals surface area contributed by atoms with E-state index in [-0.39, 0.29) is 51.4 Å². The summed E-state index contributed by atoms with van der Waals surface area (Å²) in [5, 5.41) is 0. The quantitative estimate of drug-likeness (QED) is 0.292. The smallest absolute Gasteiger partial charge is 0.338 e. The molecule has 8 heavy (non-hydrogen) atoms. The maximum atomic E-state index is 3.76. The van der Waals surface area contributed by atoms with E-state index in [1.165, 1.54) is 0 Å². The third-order valence-corrected chi connectivity index (χ3v) is 0.619. The number of rotatable bonds is 0. The normalized spacial score (nSPS) is 7.50. The Hall–Kier alpha value is 0.586. The Morgan fingerprint density at radius 2 is 1.75 bits per heavy atom. The third-order valence-electron chi connectivity index (χ3n) is 0.619. The zero-order chi connectivity index (χ0) is 5.11. The van der Waals surface area contributed by atoms with Crippen molar-refractivity contribution in [3.63, 3.8) is 0 Å². The van der Waals surface area contributed by atoms with Gasteiger partial charge >= 0.3 is 51.4 Å². The average molecular weight is 132 g/mol. The van der Waals surface area contributed by atoms with Crippen molar-refractivity contribution in [2.24, 2.45) is 0 Å². The Balaban J connectivity index is 0.000000490. The van der Waals surface area contributed by atoms with Crippen LogP contribution in [0.15, 0.2) is 18.5 Å². The van der Waals surface area contributed by atoms with Gasteiger partial charge in [0.1, 0.15) is 0 Å². The zero-order valence-electron chi connectivity index (χ0n) is 4.83. The molecule has 0 aliphatic heterocycles. The van der Waals surface area contributed by atoms with Gasteiger partial charge in [0, 0.05) is 12.4 Å². The fourth-order valence-electron chi connectivity index (χ4n) is 0.330. The Bertz CT molecular complexity index is 140. The fraction of sp³-hybridized carbons (Fsp3) is 0. The molecule has 0 saturated carbocycles. The van der Waals surface area contributed by atoms with Gasteiger partial charge in [0.2, 0.25) is 0 Å². The molecule has 1 rings (SSSR count). The van der Waals surface area contributed by atoms with Crippen LogP contribution in [0, 0.1) is 6.92 Å². The summed E-state index contributed by atoms with van der Waals surface area (Å²) in [6.45, 7) is 3.50. The average Bonchev–Trinajstić information content (AvgIpc) is 1.69. The summed E-state index contributed by atoms with van der Waals surface area (Å²) in [6, 6.07) is 1.76. The monoisotopic (exact) mass is 132 g/mol. The standard InChI is InChI=1S/C5H5N2.K/c1-5-6-3-2-4-7-5;/h2-4H,1H2;/q-1;+1.